The Morgan fingerprint density at radius 1 is 1.10 bits per heavy atom. The summed E-state index contributed by atoms with van der Waals surface area (Å²) >= 11 is 0. The molecule has 0 bridgehead atoms. The molecule has 3 heteroatoms. The fourth-order valence-corrected chi connectivity index (χ4v) is 3.08. The molecule has 0 amide bonds. The average molecular weight is 279 g/mol. The van der Waals surface area contributed by atoms with E-state index < -0.39 is 5.54 Å². The molecule has 1 aromatic carbocycles. The number of benzene rings is 1. The average Bonchev–Trinajstić information content (AvgIpc) is 2.47. The molecule has 1 rings (SSSR count). The Morgan fingerprint density at radius 3 is 2.10 bits per heavy atom. The van der Waals surface area contributed by atoms with E-state index in [1.165, 1.54) is 6.07 Å². The first-order valence-corrected chi connectivity index (χ1v) is 7.57. The monoisotopic (exact) mass is 279 g/mol. The maximum Gasteiger partial charge on any atom is 0.157 e. The molecular formula is C17H26FNO. The Balaban J connectivity index is 3.04. The van der Waals surface area contributed by atoms with Gasteiger partial charge in [-0.05, 0) is 37.6 Å². The number of nitrogens with zero attached hydrogens (tertiary/aromatic N) is 1. The van der Waals surface area contributed by atoms with Gasteiger partial charge in [0.15, 0.2) is 5.78 Å². The lowest BCUT2D eigenvalue weighted by Gasteiger charge is -2.41. The summed E-state index contributed by atoms with van der Waals surface area (Å²) in [6.07, 6.45) is 1.70. The van der Waals surface area contributed by atoms with E-state index in [1.807, 2.05) is 13.8 Å². The number of carbonyl (C=O) groups excluding carboxylic acids is 1. The topological polar surface area (TPSA) is 20.3 Å². The van der Waals surface area contributed by atoms with E-state index >= 15 is 0 Å². The van der Waals surface area contributed by atoms with Crippen LogP contribution in [0.2, 0.25) is 0 Å². The number of halogens is 1. The molecule has 0 saturated heterocycles. The molecule has 0 heterocycles. The Bertz CT molecular complexity index is 436. The molecular weight excluding hydrogens is 253 g/mol. The van der Waals surface area contributed by atoms with E-state index in [0.29, 0.717) is 5.56 Å². The standard InChI is InChI=1S/C17H26FNO/c1-5-17(6-2,19(7-3)8-4)16(20)13-14-11-9-10-12-15(14)18/h9-12H,5-8,13H2,1-4H3. The van der Waals surface area contributed by atoms with Gasteiger partial charge in [-0.25, -0.2) is 4.39 Å². The summed E-state index contributed by atoms with van der Waals surface area (Å²) in [5.74, 6) is -0.169. The maximum atomic E-state index is 13.7. The van der Waals surface area contributed by atoms with Crippen molar-refractivity contribution >= 4 is 5.78 Å². The number of rotatable bonds is 8. The minimum atomic E-state index is -0.466. The summed E-state index contributed by atoms with van der Waals surface area (Å²) in [7, 11) is 0. The van der Waals surface area contributed by atoms with Crippen LogP contribution in [0.5, 0.6) is 0 Å². The van der Waals surface area contributed by atoms with Gasteiger partial charge in [0, 0.05) is 6.42 Å². The van der Waals surface area contributed by atoms with E-state index in [-0.39, 0.29) is 18.0 Å². The third kappa shape index (κ3) is 3.26. The summed E-state index contributed by atoms with van der Waals surface area (Å²) in [5.41, 5.74) is 0.0297. The molecule has 0 atom stereocenters. The summed E-state index contributed by atoms with van der Waals surface area (Å²) in [6.45, 7) is 9.89. The quantitative estimate of drug-likeness (QED) is 0.720. The highest BCUT2D eigenvalue weighted by Crippen LogP contribution is 2.27. The number of Topliss-reactive ketones (excluding diaryl/α,β-unsaturated/α-hetero) is 1. The molecule has 0 unspecified atom stereocenters. The number of likely N-dealkylation sites (N-methyl/N-ethyl adjacent to an activating group) is 1. The van der Waals surface area contributed by atoms with Crippen LogP contribution in [-0.4, -0.2) is 29.3 Å². The number of ketones is 1. The van der Waals surface area contributed by atoms with Crippen molar-refractivity contribution in [3.05, 3.63) is 35.6 Å². The van der Waals surface area contributed by atoms with Gasteiger partial charge >= 0.3 is 0 Å². The zero-order valence-corrected chi connectivity index (χ0v) is 13.1. The predicted molar refractivity (Wildman–Crippen MR) is 81.3 cm³/mol. The molecule has 0 aromatic heterocycles. The molecule has 1 aromatic rings. The molecule has 20 heavy (non-hydrogen) atoms. The maximum absolute atomic E-state index is 13.7. The van der Waals surface area contributed by atoms with Crippen molar-refractivity contribution in [2.75, 3.05) is 13.1 Å². The van der Waals surface area contributed by atoms with Gasteiger partial charge < -0.3 is 0 Å². The van der Waals surface area contributed by atoms with Crippen molar-refractivity contribution < 1.29 is 9.18 Å². The molecule has 2 nitrogen and oxygen atoms in total. The SMILES string of the molecule is CCN(CC)C(CC)(CC)C(=O)Cc1ccccc1F. The minimum Gasteiger partial charge on any atom is -0.297 e. The first-order chi connectivity index (χ1) is 9.55. The lowest BCUT2D eigenvalue weighted by Crippen LogP contribution is -2.54. The zero-order valence-electron chi connectivity index (χ0n) is 13.1. The Hall–Kier alpha value is -1.22. The second kappa shape index (κ2) is 7.53. The van der Waals surface area contributed by atoms with Crippen molar-refractivity contribution in [3.63, 3.8) is 0 Å². The van der Waals surface area contributed by atoms with E-state index in [4.69, 9.17) is 0 Å². The van der Waals surface area contributed by atoms with E-state index in [1.54, 1.807) is 18.2 Å². The van der Waals surface area contributed by atoms with Crippen molar-refractivity contribution in [1.82, 2.24) is 4.90 Å². The first-order valence-electron chi connectivity index (χ1n) is 7.57. The summed E-state index contributed by atoms with van der Waals surface area (Å²) in [6, 6.07) is 6.55. The molecule has 0 saturated carbocycles. The van der Waals surface area contributed by atoms with Crippen molar-refractivity contribution in [3.8, 4) is 0 Å². The summed E-state index contributed by atoms with van der Waals surface area (Å²) in [4.78, 5) is 15.0. The van der Waals surface area contributed by atoms with Crippen LogP contribution in [0, 0.1) is 5.82 Å². The molecule has 0 spiro atoms. The van der Waals surface area contributed by atoms with Crippen molar-refractivity contribution in [1.29, 1.82) is 0 Å². The van der Waals surface area contributed by atoms with Gasteiger partial charge in [-0.1, -0.05) is 45.9 Å². The van der Waals surface area contributed by atoms with Gasteiger partial charge in [0.25, 0.3) is 0 Å². The fourth-order valence-electron chi connectivity index (χ4n) is 3.08. The Morgan fingerprint density at radius 2 is 1.65 bits per heavy atom. The van der Waals surface area contributed by atoms with Gasteiger partial charge in [-0.3, -0.25) is 9.69 Å². The van der Waals surface area contributed by atoms with Crippen LogP contribution in [-0.2, 0) is 11.2 Å². The van der Waals surface area contributed by atoms with Crippen LogP contribution >= 0.6 is 0 Å². The van der Waals surface area contributed by atoms with Gasteiger partial charge in [0.2, 0.25) is 0 Å². The third-order valence-corrected chi connectivity index (χ3v) is 4.37. The van der Waals surface area contributed by atoms with Crippen LogP contribution in [0.25, 0.3) is 0 Å². The minimum absolute atomic E-state index is 0.122. The fraction of sp³-hybridized carbons (Fsp3) is 0.588. The largest absolute Gasteiger partial charge is 0.297 e. The van der Waals surface area contributed by atoms with Crippen molar-refractivity contribution in [2.24, 2.45) is 0 Å². The molecule has 0 fully saturated rings. The molecule has 0 aliphatic rings. The van der Waals surface area contributed by atoms with E-state index in [0.717, 1.165) is 25.9 Å². The van der Waals surface area contributed by atoms with Crippen LogP contribution in [0.1, 0.15) is 46.1 Å². The van der Waals surface area contributed by atoms with E-state index in [9.17, 15) is 9.18 Å². The summed E-state index contributed by atoms with van der Waals surface area (Å²) < 4.78 is 13.7. The highest BCUT2D eigenvalue weighted by Gasteiger charge is 2.38. The molecule has 0 radical (unpaired) electrons. The number of carbonyl (C=O) groups is 1. The Labute approximate surface area is 122 Å². The number of hydrogen-bond acceptors (Lipinski definition) is 2. The van der Waals surface area contributed by atoms with Gasteiger partial charge in [-0.2, -0.15) is 0 Å². The Kier molecular flexibility index (Phi) is 6.34. The highest BCUT2D eigenvalue weighted by atomic mass is 19.1. The van der Waals surface area contributed by atoms with Gasteiger partial charge in [0.05, 0.1) is 5.54 Å². The van der Waals surface area contributed by atoms with Gasteiger partial charge in [0.1, 0.15) is 5.82 Å². The van der Waals surface area contributed by atoms with Crippen LogP contribution < -0.4 is 0 Å². The second-order valence-electron chi connectivity index (χ2n) is 5.10. The first kappa shape index (κ1) is 16.8. The molecule has 0 aliphatic carbocycles. The lowest BCUT2D eigenvalue weighted by atomic mass is 9.83. The summed E-state index contributed by atoms with van der Waals surface area (Å²) in [5, 5.41) is 0. The smallest absolute Gasteiger partial charge is 0.157 e. The lowest BCUT2D eigenvalue weighted by molar-refractivity contribution is -0.131. The second-order valence-corrected chi connectivity index (χ2v) is 5.10. The third-order valence-electron chi connectivity index (χ3n) is 4.37. The molecule has 0 aliphatic heterocycles. The van der Waals surface area contributed by atoms with Crippen LogP contribution in [0.15, 0.2) is 24.3 Å². The van der Waals surface area contributed by atoms with Crippen molar-refractivity contribution in [2.45, 2.75) is 52.5 Å². The highest BCUT2D eigenvalue weighted by molar-refractivity contribution is 5.90. The van der Waals surface area contributed by atoms with E-state index in [2.05, 4.69) is 18.7 Å². The van der Waals surface area contributed by atoms with Gasteiger partial charge in [-0.15, -0.1) is 0 Å². The zero-order chi connectivity index (χ0) is 15.2. The molecule has 112 valence electrons. The predicted octanol–water partition coefficient (Wildman–Crippen LogP) is 3.84. The van der Waals surface area contributed by atoms with Crippen LogP contribution in [0.3, 0.4) is 0 Å². The normalized spacial score (nSPS) is 11.9. The van der Waals surface area contributed by atoms with Crippen LogP contribution in [0.4, 0.5) is 4.39 Å². The number of hydrogen-bond donors (Lipinski definition) is 0. The molecule has 0 N–H and O–H groups in total.